The molecule has 0 aromatic carbocycles. The third kappa shape index (κ3) is 3.94. The summed E-state index contributed by atoms with van der Waals surface area (Å²) in [6.07, 6.45) is 3.69. The smallest absolute Gasteiger partial charge is 0.387 e. The number of hydrogen-bond acceptors (Lipinski definition) is 9. The molecule has 3 saturated heterocycles. The maximum Gasteiger partial charge on any atom is 0.387 e. The van der Waals surface area contributed by atoms with Crippen molar-refractivity contribution in [2.75, 3.05) is 48.9 Å². The number of alkyl halides is 2. The van der Waals surface area contributed by atoms with Gasteiger partial charge in [-0.25, -0.2) is 9.97 Å². The van der Waals surface area contributed by atoms with Crippen molar-refractivity contribution in [2.45, 2.75) is 37.7 Å². The molecule has 5 heterocycles. The van der Waals surface area contributed by atoms with Gasteiger partial charge in [-0.1, -0.05) is 0 Å². The standard InChI is InChI=1S/C20H24F2N6O3/c1-29-13-2-3-27(8-13)20-25-15(11-4-16(31-19(21)22)18(23)24-7-11)6-17(26-20)28-9-14-5-12(28)10-30-14/h4,6-7,12-14,19H,2-3,5,8-10H2,1H3,(H2,23,24). The molecule has 0 spiro atoms. The highest BCUT2D eigenvalue weighted by Crippen LogP contribution is 2.35. The molecule has 0 radical (unpaired) electrons. The summed E-state index contributed by atoms with van der Waals surface area (Å²) in [5.41, 5.74) is 6.79. The third-order valence-corrected chi connectivity index (χ3v) is 6.05. The van der Waals surface area contributed by atoms with Gasteiger partial charge in [-0.15, -0.1) is 0 Å². The van der Waals surface area contributed by atoms with Crippen molar-refractivity contribution >= 4 is 17.6 Å². The van der Waals surface area contributed by atoms with Crippen molar-refractivity contribution in [3.8, 4) is 17.0 Å². The Balaban J connectivity index is 1.53. The molecule has 0 saturated carbocycles. The van der Waals surface area contributed by atoms with Gasteiger partial charge in [0.15, 0.2) is 11.6 Å². The Labute approximate surface area is 178 Å². The number of halogens is 2. The molecule has 2 N–H and O–H groups in total. The van der Waals surface area contributed by atoms with E-state index in [1.165, 1.54) is 12.3 Å². The molecule has 11 heteroatoms. The number of methoxy groups -OCH3 is 1. The van der Waals surface area contributed by atoms with Gasteiger partial charge in [0.05, 0.1) is 30.6 Å². The van der Waals surface area contributed by atoms with Gasteiger partial charge in [-0.3, -0.25) is 0 Å². The van der Waals surface area contributed by atoms with Gasteiger partial charge in [0.2, 0.25) is 5.95 Å². The molecule has 3 unspecified atom stereocenters. The fraction of sp³-hybridized carbons (Fsp3) is 0.550. The lowest BCUT2D eigenvalue weighted by atomic mass is 10.2. The SMILES string of the molecule is COC1CCN(c2nc(-c3cnc(N)c(OC(F)F)c3)cc(N3CC4CC3CO4)n2)C1. The highest BCUT2D eigenvalue weighted by Gasteiger charge is 2.40. The topological polar surface area (TPSA) is 98.9 Å². The average molecular weight is 434 g/mol. The van der Waals surface area contributed by atoms with Gasteiger partial charge in [-0.05, 0) is 18.9 Å². The number of morpholine rings is 1. The van der Waals surface area contributed by atoms with Crippen LogP contribution in [0.1, 0.15) is 12.8 Å². The van der Waals surface area contributed by atoms with Crippen molar-refractivity contribution in [3.63, 3.8) is 0 Å². The highest BCUT2D eigenvalue weighted by atomic mass is 19.3. The first-order chi connectivity index (χ1) is 15.0. The number of aromatic nitrogens is 3. The Morgan fingerprint density at radius 2 is 2.13 bits per heavy atom. The highest BCUT2D eigenvalue weighted by molar-refractivity contribution is 5.68. The minimum atomic E-state index is -2.99. The molecule has 2 aromatic rings. The number of anilines is 3. The molecule has 166 valence electrons. The largest absolute Gasteiger partial charge is 0.431 e. The second kappa shape index (κ2) is 8.04. The maximum absolute atomic E-state index is 12.8. The van der Waals surface area contributed by atoms with Crippen LogP contribution in [0.4, 0.5) is 26.4 Å². The Hall–Kier alpha value is -2.79. The van der Waals surface area contributed by atoms with Crippen LogP contribution in [0.25, 0.3) is 11.3 Å². The van der Waals surface area contributed by atoms with Crippen LogP contribution in [0.2, 0.25) is 0 Å². The molecule has 3 aliphatic rings. The van der Waals surface area contributed by atoms with Crippen LogP contribution in [0, 0.1) is 0 Å². The van der Waals surface area contributed by atoms with E-state index in [1.54, 1.807) is 7.11 Å². The number of nitrogens with two attached hydrogens (primary N) is 1. The van der Waals surface area contributed by atoms with Gasteiger partial charge in [0.1, 0.15) is 5.82 Å². The number of nitrogen functional groups attached to an aromatic ring is 1. The summed E-state index contributed by atoms with van der Waals surface area (Å²) in [5, 5.41) is 0. The van der Waals surface area contributed by atoms with E-state index in [-0.39, 0.29) is 29.8 Å². The molecular formula is C20H24F2N6O3. The molecule has 3 aliphatic heterocycles. The van der Waals surface area contributed by atoms with Gasteiger partial charge in [0, 0.05) is 44.6 Å². The first kappa shape index (κ1) is 20.1. The summed E-state index contributed by atoms with van der Waals surface area (Å²) in [6, 6.07) is 3.56. The summed E-state index contributed by atoms with van der Waals surface area (Å²) in [4.78, 5) is 17.9. The second-order valence-electron chi connectivity index (χ2n) is 7.99. The van der Waals surface area contributed by atoms with E-state index in [4.69, 9.17) is 25.2 Å². The lowest BCUT2D eigenvalue weighted by molar-refractivity contribution is -0.0494. The summed E-state index contributed by atoms with van der Waals surface area (Å²) in [6.45, 7) is -0.0949. The van der Waals surface area contributed by atoms with E-state index in [9.17, 15) is 8.78 Å². The number of fused-ring (bicyclic) bond motifs is 2. The zero-order valence-electron chi connectivity index (χ0n) is 17.1. The second-order valence-corrected chi connectivity index (χ2v) is 7.99. The zero-order chi connectivity index (χ0) is 21.5. The van der Waals surface area contributed by atoms with Crippen LogP contribution < -0.4 is 20.3 Å². The van der Waals surface area contributed by atoms with Crippen LogP contribution in [0.3, 0.4) is 0 Å². The monoisotopic (exact) mass is 434 g/mol. The van der Waals surface area contributed by atoms with Crippen LogP contribution in [0.5, 0.6) is 5.75 Å². The number of rotatable bonds is 6. The van der Waals surface area contributed by atoms with Crippen molar-refractivity contribution in [1.82, 2.24) is 15.0 Å². The molecule has 5 rings (SSSR count). The van der Waals surface area contributed by atoms with Crippen molar-refractivity contribution in [3.05, 3.63) is 18.3 Å². The lowest BCUT2D eigenvalue weighted by Gasteiger charge is -2.29. The van der Waals surface area contributed by atoms with E-state index >= 15 is 0 Å². The molecule has 9 nitrogen and oxygen atoms in total. The molecule has 31 heavy (non-hydrogen) atoms. The van der Waals surface area contributed by atoms with E-state index in [0.29, 0.717) is 30.4 Å². The Kier molecular flexibility index (Phi) is 5.22. The van der Waals surface area contributed by atoms with Crippen molar-refractivity contribution in [1.29, 1.82) is 0 Å². The summed E-state index contributed by atoms with van der Waals surface area (Å²) >= 11 is 0. The van der Waals surface area contributed by atoms with Crippen LogP contribution in [-0.2, 0) is 9.47 Å². The Morgan fingerprint density at radius 3 is 2.81 bits per heavy atom. The predicted octanol–water partition coefficient (Wildman–Crippen LogP) is 1.92. The first-order valence-electron chi connectivity index (χ1n) is 10.3. The van der Waals surface area contributed by atoms with E-state index in [2.05, 4.69) is 19.5 Å². The normalized spacial score (nSPS) is 25.1. The van der Waals surface area contributed by atoms with Gasteiger partial charge in [-0.2, -0.15) is 13.8 Å². The first-order valence-corrected chi connectivity index (χ1v) is 10.3. The van der Waals surface area contributed by atoms with E-state index in [1.807, 2.05) is 6.07 Å². The molecule has 0 aliphatic carbocycles. The molecule has 0 amide bonds. The number of ether oxygens (including phenoxy) is 3. The Bertz CT molecular complexity index is 965. The van der Waals surface area contributed by atoms with E-state index < -0.39 is 6.61 Å². The average Bonchev–Trinajstić information content (AvgIpc) is 3.51. The molecular weight excluding hydrogens is 410 g/mol. The van der Waals surface area contributed by atoms with Crippen molar-refractivity contribution in [2.24, 2.45) is 0 Å². The molecule has 3 fully saturated rings. The van der Waals surface area contributed by atoms with Crippen LogP contribution in [-0.4, -0.2) is 73.2 Å². The van der Waals surface area contributed by atoms with Crippen LogP contribution in [0.15, 0.2) is 18.3 Å². The lowest BCUT2D eigenvalue weighted by Crippen LogP contribution is -2.38. The summed E-state index contributed by atoms with van der Waals surface area (Å²) in [7, 11) is 1.70. The van der Waals surface area contributed by atoms with Gasteiger partial charge >= 0.3 is 6.61 Å². The minimum absolute atomic E-state index is 0.102. The van der Waals surface area contributed by atoms with Crippen LogP contribution >= 0.6 is 0 Å². The van der Waals surface area contributed by atoms with Gasteiger partial charge in [0.25, 0.3) is 0 Å². The minimum Gasteiger partial charge on any atom is -0.431 e. The van der Waals surface area contributed by atoms with Gasteiger partial charge < -0.3 is 29.7 Å². The molecule has 2 aromatic heterocycles. The van der Waals surface area contributed by atoms with E-state index in [0.717, 1.165) is 31.7 Å². The third-order valence-electron chi connectivity index (χ3n) is 6.05. The Morgan fingerprint density at radius 1 is 1.26 bits per heavy atom. The predicted molar refractivity (Wildman–Crippen MR) is 109 cm³/mol. The summed E-state index contributed by atoms with van der Waals surface area (Å²) < 4.78 is 41.2. The van der Waals surface area contributed by atoms with Crippen molar-refractivity contribution < 1.29 is 23.0 Å². The summed E-state index contributed by atoms with van der Waals surface area (Å²) in [5.74, 6) is 1.08. The number of hydrogen-bond donors (Lipinski definition) is 1. The number of nitrogens with zero attached hydrogens (tertiary/aromatic N) is 5. The molecule has 2 bridgehead atoms. The zero-order valence-corrected chi connectivity index (χ0v) is 17.1. The quantitative estimate of drug-likeness (QED) is 0.731. The molecule has 3 atom stereocenters. The fourth-order valence-electron chi connectivity index (χ4n) is 4.43. The fourth-order valence-corrected chi connectivity index (χ4v) is 4.43. The number of pyridine rings is 1. The maximum atomic E-state index is 12.8.